The minimum Gasteiger partial charge on any atom is -0.711 e. The van der Waals surface area contributed by atoms with Crippen molar-refractivity contribution < 1.29 is 9.48 Å². The van der Waals surface area contributed by atoms with Gasteiger partial charge < -0.3 is 15.3 Å². The molecule has 158 valence electrons. The van der Waals surface area contributed by atoms with Gasteiger partial charge in [-0.3, -0.25) is 9.80 Å². The number of benzene rings is 1. The Morgan fingerprint density at radius 3 is 2.70 bits per heavy atom. The van der Waals surface area contributed by atoms with Crippen molar-refractivity contribution in [3.8, 4) is 11.3 Å². The smallest absolute Gasteiger partial charge is 0.242 e. The van der Waals surface area contributed by atoms with Gasteiger partial charge in [-0.15, -0.1) is 0 Å². The van der Waals surface area contributed by atoms with E-state index in [1.807, 2.05) is 18.0 Å². The van der Waals surface area contributed by atoms with Crippen LogP contribution < -0.4 is 5.32 Å². The molecule has 0 radical (unpaired) electrons. The fourth-order valence-corrected chi connectivity index (χ4v) is 4.08. The van der Waals surface area contributed by atoms with Gasteiger partial charge in [-0.25, -0.2) is 9.72 Å². The summed E-state index contributed by atoms with van der Waals surface area (Å²) in [5.41, 5.74) is 4.87. The summed E-state index contributed by atoms with van der Waals surface area (Å²) in [7, 11) is 1.91. The number of rotatable bonds is 6. The topological polar surface area (TPSA) is 66.7 Å². The Bertz CT molecular complexity index is 933. The summed E-state index contributed by atoms with van der Waals surface area (Å²) in [6, 6.07) is 11.0. The van der Waals surface area contributed by atoms with E-state index in [0.717, 1.165) is 66.6 Å². The third-order valence-electron chi connectivity index (χ3n) is 6.04. The normalized spacial score (nSPS) is 19.4. The average molecular weight is 408 g/mol. The monoisotopic (exact) mass is 407 g/mol. The van der Waals surface area contributed by atoms with Gasteiger partial charge in [0.15, 0.2) is 0 Å². The second kappa shape index (κ2) is 8.24. The van der Waals surface area contributed by atoms with Crippen molar-refractivity contribution in [2.24, 2.45) is 0 Å². The van der Waals surface area contributed by atoms with Crippen LogP contribution in [0.2, 0.25) is 0 Å². The molecule has 3 aliphatic rings. The number of aromatic nitrogens is 1. The van der Waals surface area contributed by atoms with Crippen molar-refractivity contribution in [3.63, 3.8) is 0 Å². The molecule has 30 heavy (non-hydrogen) atoms. The molecule has 0 atom stereocenters. The predicted molar refractivity (Wildman–Crippen MR) is 118 cm³/mol. The van der Waals surface area contributed by atoms with Crippen LogP contribution in [0.5, 0.6) is 0 Å². The van der Waals surface area contributed by atoms with E-state index in [1.165, 1.54) is 18.4 Å². The second-order valence-electron chi connectivity index (χ2n) is 8.53. The molecule has 1 saturated carbocycles. The van der Waals surface area contributed by atoms with Gasteiger partial charge in [0.2, 0.25) is 6.34 Å². The van der Waals surface area contributed by atoms with Crippen LogP contribution in [0.4, 0.5) is 11.5 Å². The first kappa shape index (κ1) is 19.3. The molecular formula is C23H29N5O2. The molecule has 0 spiro atoms. The predicted octanol–water partition coefficient (Wildman–Crippen LogP) is 2.81. The Morgan fingerprint density at radius 1 is 1.20 bits per heavy atom. The van der Waals surface area contributed by atoms with Gasteiger partial charge in [-0.05, 0) is 24.8 Å². The number of anilines is 1. The molecule has 1 saturated heterocycles. The van der Waals surface area contributed by atoms with E-state index in [2.05, 4.69) is 34.5 Å². The van der Waals surface area contributed by atoms with Gasteiger partial charge in [0.25, 0.3) is 0 Å². The van der Waals surface area contributed by atoms with E-state index in [-0.39, 0.29) is 0 Å². The van der Waals surface area contributed by atoms with Crippen LogP contribution in [-0.4, -0.2) is 71.8 Å². The van der Waals surface area contributed by atoms with E-state index in [0.29, 0.717) is 18.3 Å². The number of hydrogen-bond acceptors (Lipinski definition) is 6. The Labute approximate surface area is 177 Å². The van der Waals surface area contributed by atoms with Gasteiger partial charge in [-0.2, -0.15) is 0 Å². The summed E-state index contributed by atoms with van der Waals surface area (Å²) in [4.78, 5) is 9.27. The molecule has 0 amide bonds. The van der Waals surface area contributed by atoms with E-state index in [1.54, 1.807) is 6.34 Å². The van der Waals surface area contributed by atoms with Gasteiger partial charge >= 0.3 is 0 Å². The third kappa shape index (κ3) is 4.27. The first-order valence-electron chi connectivity index (χ1n) is 10.9. The molecule has 1 aromatic carbocycles. The molecule has 5 rings (SSSR count). The van der Waals surface area contributed by atoms with Crippen molar-refractivity contribution in [1.29, 1.82) is 0 Å². The fraction of sp³-hybridized carbons (Fsp3) is 0.478. The molecule has 2 fully saturated rings. The van der Waals surface area contributed by atoms with Crippen molar-refractivity contribution in [2.75, 3.05) is 45.2 Å². The van der Waals surface area contributed by atoms with Crippen molar-refractivity contribution in [3.05, 3.63) is 46.7 Å². The van der Waals surface area contributed by atoms with Crippen LogP contribution in [-0.2, 0) is 17.7 Å². The summed E-state index contributed by atoms with van der Waals surface area (Å²) in [5.74, 6) is 0.849. The molecule has 2 aliphatic heterocycles. The summed E-state index contributed by atoms with van der Waals surface area (Å²) in [6.45, 7) is 5.46. The molecule has 2 aromatic rings. The maximum Gasteiger partial charge on any atom is 0.242 e. The van der Waals surface area contributed by atoms with E-state index >= 15 is 0 Å². The number of fused-ring (bicyclic) bond motifs is 1. The quantitative estimate of drug-likeness (QED) is 0.587. The SMILES string of the molecule is CN1C=[N+]([O-])c2cc(-c3ccc(CCN4CCOCC4)cc3)nc(NC3CC3)c2C1. The summed E-state index contributed by atoms with van der Waals surface area (Å²) < 4.78 is 6.38. The number of nitrogens with one attached hydrogen (secondary N) is 1. The maximum absolute atomic E-state index is 12.6. The van der Waals surface area contributed by atoms with Crippen molar-refractivity contribution in [1.82, 2.24) is 14.8 Å². The number of morpholine rings is 1. The van der Waals surface area contributed by atoms with Gasteiger partial charge in [0.05, 0.1) is 31.5 Å². The highest BCUT2D eigenvalue weighted by molar-refractivity contribution is 5.72. The van der Waals surface area contributed by atoms with Crippen LogP contribution in [0.1, 0.15) is 24.0 Å². The Hall–Kier alpha value is -2.64. The van der Waals surface area contributed by atoms with Gasteiger partial charge in [0, 0.05) is 37.3 Å². The lowest BCUT2D eigenvalue weighted by molar-refractivity contribution is -0.365. The first-order chi connectivity index (χ1) is 14.7. The zero-order valence-corrected chi connectivity index (χ0v) is 17.5. The number of hydrogen-bond donors (Lipinski definition) is 1. The van der Waals surface area contributed by atoms with Gasteiger partial charge in [0.1, 0.15) is 18.1 Å². The van der Waals surface area contributed by atoms with Crippen LogP contribution in [0, 0.1) is 5.21 Å². The lowest BCUT2D eigenvalue weighted by atomic mass is 10.0. The molecule has 0 unspecified atom stereocenters. The highest BCUT2D eigenvalue weighted by Gasteiger charge is 2.28. The van der Waals surface area contributed by atoms with Gasteiger partial charge in [-0.1, -0.05) is 24.3 Å². The zero-order chi connectivity index (χ0) is 20.5. The lowest BCUT2D eigenvalue weighted by Gasteiger charge is -2.26. The Morgan fingerprint density at radius 2 is 1.97 bits per heavy atom. The molecule has 1 aliphatic carbocycles. The van der Waals surface area contributed by atoms with Crippen LogP contribution in [0.25, 0.3) is 11.3 Å². The Balaban J connectivity index is 1.37. The van der Waals surface area contributed by atoms with Crippen LogP contribution >= 0.6 is 0 Å². The second-order valence-corrected chi connectivity index (χ2v) is 8.53. The largest absolute Gasteiger partial charge is 0.711 e. The number of nitrogens with zero attached hydrogens (tertiary/aromatic N) is 4. The first-order valence-corrected chi connectivity index (χ1v) is 10.9. The molecule has 1 N–H and O–H groups in total. The molecule has 1 aromatic heterocycles. The zero-order valence-electron chi connectivity index (χ0n) is 17.5. The lowest BCUT2D eigenvalue weighted by Crippen LogP contribution is -2.37. The summed E-state index contributed by atoms with van der Waals surface area (Å²) in [6.07, 6.45) is 4.97. The van der Waals surface area contributed by atoms with E-state index < -0.39 is 0 Å². The summed E-state index contributed by atoms with van der Waals surface area (Å²) >= 11 is 0. The fourth-order valence-electron chi connectivity index (χ4n) is 4.08. The molecule has 7 heteroatoms. The standard InChI is InChI=1S/C23H29N5O2/c1-26-15-20-22(28(29)16-26)14-21(25-23(20)24-19-6-7-19)18-4-2-17(3-5-18)8-9-27-10-12-30-13-11-27/h2-5,14,16,19H,6-13,15H2,1H3,(H,24,25). The van der Waals surface area contributed by atoms with Crippen molar-refractivity contribution in [2.45, 2.75) is 31.8 Å². The Kier molecular flexibility index (Phi) is 5.31. The van der Waals surface area contributed by atoms with Crippen LogP contribution in [0.3, 0.4) is 0 Å². The molecule has 7 nitrogen and oxygen atoms in total. The average Bonchev–Trinajstić information content (AvgIpc) is 3.58. The molecule has 0 bridgehead atoms. The molecule has 3 heterocycles. The van der Waals surface area contributed by atoms with Crippen LogP contribution in [0.15, 0.2) is 30.3 Å². The van der Waals surface area contributed by atoms with Crippen molar-refractivity contribution >= 4 is 17.8 Å². The summed E-state index contributed by atoms with van der Waals surface area (Å²) in [5, 5.41) is 16.1. The minimum absolute atomic E-state index is 0.482. The highest BCUT2D eigenvalue weighted by atomic mass is 16.5. The van der Waals surface area contributed by atoms with E-state index in [4.69, 9.17) is 9.72 Å². The minimum atomic E-state index is 0.482. The number of pyridine rings is 1. The number of ether oxygens (including phenoxy) is 1. The molecular weight excluding hydrogens is 378 g/mol. The van der Waals surface area contributed by atoms with E-state index in [9.17, 15) is 5.21 Å². The third-order valence-corrected chi connectivity index (χ3v) is 6.04. The maximum atomic E-state index is 12.6. The highest BCUT2D eigenvalue weighted by Crippen LogP contribution is 2.35.